The molecule has 0 saturated carbocycles. The number of nitrogen functional groups attached to an aromatic ring is 1. The van der Waals surface area contributed by atoms with E-state index in [4.69, 9.17) is 5.73 Å². The lowest BCUT2D eigenvalue weighted by Crippen LogP contribution is -1.96. The number of rotatable bonds is 1. The molecule has 2 heteroatoms. The minimum atomic E-state index is 0.783. The monoisotopic (exact) mass is 272 g/mol. The molecule has 4 rings (SSSR count). The van der Waals surface area contributed by atoms with Gasteiger partial charge < -0.3 is 11.1 Å². The summed E-state index contributed by atoms with van der Waals surface area (Å²) < 4.78 is 0. The second kappa shape index (κ2) is 4.38. The van der Waals surface area contributed by atoms with Crippen LogP contribution in [-0.2, 0) is 0 Å². The van der Waals surface area contributed by atoms with Crippen molar-refractivity contribution in [3.05, 3.63) is 60.7 Å². The summed E-state index contributed by atoms with van der Waals surface area (Å²) in [7, 11) is 1.90. The maximum absolute atomic E-state index is 6.17. The molecular weight excluding hydrogens is 256 g/mol. The summed E-state index contributed by atoms with van der Waals surface area (Å²) in [6.07, 6.45) is 0. The van der Waals surface area contributed by atoms with Crippen LogP contribution >= 0.6 is 0 Å². The lowest BCUT2D eigenvalue weighted by atomic mass is 9.93. The summed E-state index contributed by atoms with van der Waals surface area (Å²) in [6.45, 7) is 0. The minimum absolute atomic E-state index is 0.783. The van der Waals surface area contributed by atoms with Crippen LogP contribution in [-0.4, -0.2) is 7.05 Å². The van der Waals surface area contributed by atoms with Crippen LogP contribution in [0.5, 0.6) is 0 Å². The second-order valence-corrected chi connectivity index (χ2v) is 5.33. The van der Waals surface area contributed by atoms with Gasteiger partial charge in [0.1, 0.15) is 0 Å². The first-order valence-corrected chi connectivity index (χ1v) is 7.10. The summed E-state index contributed by atoms with van der Waals surface area (Å²) in [5, 5.41) is 10.7. The minimum Gasteiger partial charge on any atom is -0.397 e. The van der Waals surface area contributed by atoms with Crippen LogP contribution in [0, 0.1) is 0 Å². The molecule has 0 unspecified atom stereocenters. The standard InChI is InChI=1S/C19H16N2/c1-21-19-11-17-15-9-5-3-7-13(15)12-6-2-4-8-14(12)16(17)10-18(19)20/h2-11,21H,20H2,1H3. The fraction of sp³-hybridized carbons (Fsp3) is 0.0526. The van der Waals surface area contributed by atoms with E-state index in [0.717, 1.165) is 11.4 Å². The molecule has 0 atom stereocenters. The largest absolute Gasteiger partial charge is 0.397 e. The Morgan fingerprint density at radius 3 is 1.57 bits per heavy atom. The van der Waals surface area contributed by atoms with Gasteiger partial charge in [0.2, 0.25) is 0 Å². The molecule has 0 amide bonds. The van der Waals surface area contributed by atoms with Crippen molar-refractivity contribution < 1.29 is 0 Å². The van der Waals surface area contributed by atoms with E-state index in [0.29, 0.717) is 0 Å². The average molecular weight is 272 g/mol. The van der Waals surface area contributed by atoms with Crippen LogP contribution in [0.25, 0.3) is 32.3 Å². The van der Waals surface area contributed by atoms with Gasteiger partial charge in [-0.1, -0.05) is 48.5 Å². The van der Waals surface area contributed by atoms with Crippen LogP contribution in [0.4, 0.5) is 11.4 Å². The highest BCUT2D eigenvalue weighted by Crippen LogP contribution is 2.37. The lowest BCUT2D eigenvalue weighted by Gasteiger charge is -2.13. The highest BCUT2D eigenvalue weighted by atomic mass is 14.8. The number of hydrogen-bond donors (Lipinski definition) is 2. The Kier molecular flexibility index (Phi) is 2.51. The number of nitrogens with two attached hydrogens (primary N) is 1. The number of anilines is 2. The van der Waals surface area contributed by atoms with E-state index < -0.39 is 0 Å². The third kappa shape index (κ3) is 1.66. The van der Waals surface area contributed by atoms with Gasteiger partial charge in [0, 0.05) is 7.05 Å². The molecule has 0 fully saturated rings. The SMILES string of the molecule is CNc1cc2c3ccccc3c3ccccc3c2cc1N. The zero-order valence-electron chi connectivity index (χ0n) is 11.9. The fourth-order valence-corrected chi connectivity index (χ4v) is 3.18. The number of nitrogens with one attached hydrogen (secondary N) is 1. The van der Waals surface area contributed by atoms with Crippen molar-refractivity contribution in [3.63, 3.8) is 0 Å². The Bertz CT molecular complexity index is 987. The van der Waals surface area contributed by atoms with E-state index in [1.165, 1.54) is 32.3 Å². The van der Waals surface area contributed by atoms with Crippen LogP contribution in [0.1, 0.15) is 0 Å². The molecule has 21 heavy (non-hydrogen) atoms. The Balaban J connectivity index is 2.36. The molecule has 0 aliphatic carbocycles. The maximum Gasteiger partial charge on any atom is 0.0577 e. The molecular formula is C19H16N2. The summed E-state index contributed by atoms with van der Waals surface area (Å²) in [5.74, 6) is 0. The van der Waals surface area contributed by atoms with Crippen molar-refractivity contribution in [2.24, 2.45) is 0 Å². The highest BCUT2D eigenvalue weighted by Gasteiger charge is 2.10. The van der Waals surface area contributed by atoms with Crippen molar-refractivity contribution in [1.82, 2.24) is 0 Å². The second-order valence-electron chi connectivity index (χ2n) is 5.33. The zero-order chi connectivity index (χ0) is 14.4. The van der Waals surface area contributed by atoms with E-state index in [1.807, 2.05) is 7.05 Å². The van der Waals surface area contributed by atoms with Gasteiger partial charge >= 0.3 is 0 Å². The quantitative estimate of drug-likeness (QED) is 0.387. The molecule has 0 saturated heterocycles. The van der Waals surface area contributed by atoms with E-state index >= 15 is 0 Å². The molecule has 0 bridgehead atoms. The van der Waals surface area contributed by atoms with Gasteiger partial charge in [0.05, 0.1) is 11.4 Å². The van der Waals surface area contributed by atoms with Crippen molar-refractivity contribution in [2.45, 2.75) is 0 Å². The normalized spacial score (nSPS) is 11.3. The Morgan fingerprint density at radius 1 is 0.667 bits per heavy atom. The third-order valence-electron chi connectivity index (χ3n) is 4.18. The molecule has 2 nitrogen and oxygen atoms in total. The first kappa shape index (κ1) is 12.0. The zero-order valence-corrected chi connectivity index (χ0v) is 11.9. The fourth-order valence-electron chi connectivity index (χ4n) is 3.18. The van der Waals surface area contributed by atoms with Gasteiger partial charge in [-0.3, -0.25) is 0 Å². The topological polar surface area (TPSA) is 38.0 Å². The van der Waals surface area contributed by atoms with Gasteiger partial charge in [-0.2, -0.15) is 0 Å². The molecule has 0 aliphatic heterocycles. The predicted octanol–water partition coefficient (Wildman–Crippen LogP) is 4.77. The molecule has 0 heterocycles. The van der Waals surface area contributed by atoms with Crippen molar-refractivity contribution in [3.8, 4) is 0 Å². The number of hydrogen-bond acceptors (Lipinski definition) is 2. The van der Waals surface area contributed by atoms with E-state index in [-0.39, 0.29) is 0 Å². The van der Waals surface area contributed by atoms with Crippen LogP contribution in [0.3, 0.4) is 0 Å². The van der Waals surface area contributed by atoms with Gasteiger partial charge in [-0.15, -0.1) is 0 Å². The van der Waals surface area contributed by atoms with E-state index in [2.05, 4.69) is 66.0 Å². The van der Waals surface area contributed by atoms with Gasteiger partial charge in [0.25, 0.3) is 0 Å². The molecule has 4 aromatic rings. The first-order chi connectivity index (χ1) is 10.3. The Morgan fingerprint density at radius 2 is 1.10 bits per heavy atom. The van der Waals surface area contributed by atoms with Crippen LogP contribution < -0.4 is 11.1 Å². The summed E-state index contributed by atoms with van der Waals surface area (Å²) in [6, 6.07) is 21.3. The van der Waals surface area contributed by atoms with Gasteiger partial charge in [-0.25, -0.2) is 0 Å². The van der Waals surface area contributed by atoms with Crippen LogP contribution in [0.2, 0.25) is 0 Å². The van der Waals surface area contributed by atoms with Crippen LogP contribution in [0.15, 0.2) is 60.7 Å². The predicted molar refractivity (Wildman–Crippen MR) is 92.9 cm³/mol. The molecule has 3 N–H and O–H groups in total. The molecule has 0 spiro atoms. The molecule has 0 aliphatic rings. The molecule has 0 aromatic heterocycles. The van der Waals surface area contributed by atoms with E-state index in [9.17, 15) is 0 Å². The Hall–Kier alpha value is -2.74. The number of fused-ring (bicyclic) bond motifs is 6. The first-order valence-electron chi connectivity index (χ1n) is 7.10. The van der Waals surface area contributed by atoms with Crippen molar-refractivity contribution in [2.75, 3.05) is 18.1 Å². The third-order valence-corrected chi connectivity index (χ3v) is 4.18. The van der Waals surface area contributed by atoms with Crippen molar-refractivity contribution >= 4 is 43.7 Å². The summed E-state index contributed by atoms with van der Waals surface area (Å²) in [5.41, 5.74) is 7.93. The number of benzene rings is 4. The smallest absolute Gasteiger partial charge is 0.0577 e. The summed E-state index contributed by atoms with van der Waals surface area (Å²) in [4.78, 5) is 0. The molecule has 102 valence electrons. The molecule has 4 aromatic carbocycles. The lowest BCUT2D eigenvalue weighted by molar-refractivity contribution is 1.53. The van der Waals surface area contributed by atoms with E-state index in [1.54, 1.807) is 0 Å². The average Bonchev–Trinajstić information content (AvgIpc) is 2.54. The van der Waals surface area contributed by atoms with Gasteiger partial charge in [-0.05, 0) is 44.5 Å². The maximum atomic E-state index is 6.17. The Labute approximate surface area is 123 Å². The van der Waals surface area contributed by atoms with Crippen molar-refractivity contribution in [1.29, 1.82) is 0 Å². The molecule has 0 radical (unpaired) electrons. The summed E-state index contributed by atoms with van der Waals surface area (Å²) >= 11 is 0. The van der Waals surface area contributed by atoms with Gasteiger partial charge in [0.15, 0.2) is 0 Å². The highest BCUT2D eigenvalue weighted by molar-refractivity contribution is 6.26.